The van der Waals surface area contributed by atoms with E-state index in [9.17, 15) is 4.79 Å². The lowest BCUT2D eigenvalue weighted by atomic mass is 10.2. The van der Waals surface area contributed by atoms with E-state index in [-0.39, 0.29) is 18.5 Å². The predicted octanol–water partition coefficient (Wildman–Crippen LogP) is 4.63. The van der Waals surface area contributed by atoms with Gasteiger partial charge in [0.2, 0.25) is 5.91 Å². The van der Waals surface area contributed by atoms with E-state index in [0.29, 0.717) is 17.3 Å². The van der Waals surface area contributed by atoms with Gasteiger partial charge in [0.1, 0.15) is 11.5 Å². The molecule has 0 unspecified atom stereocenters. The summed E-state index contributed by atoms with van der Waals surface area (Å²) < 4.78 is 5.77. The molecule has 0 saturated heterocycles. The van der Waals surface area contributed by atoms with E-state index < -0.39 is 0 Å². The topological polar surface area (TPSA) is 54.3 Å². The van der Waals surface area contributed by atoms with Crippen LogP contribution >= 0.6 is 22.9 Å². The van der Waals surface area contributed by atoms with Crippen molar-refractivity contribution < 1.29 is 9.21 Å². The van der Waals surface area contributed by atoms with Crippen LogP contribution in [0.3, 0.4) is 0 Å². The molecule has 0 bridgehead atoms. The number of benzene rings is 1. The Morgan fingerprint density at radius 1 is 1.20 bits per heavy atom. The van der Waals surface area contributed by atoms with E-state index in [1.165, 1.54) is 4.88 Å². The Labute approximate surface area is 155 Å². The Hall–Kier alpha value is -2.08. The fourth-order valence-electron chi connectivity index (χ4n) is 2.37. The predicted molar refractivity (Wildman–Crippen MR) is 102 cm³/mol. The molecular weight excluding hydrogens is 356 g/mol. The minimum atomic E-state index is -0.0622. The van der Waals surface area contributed by atoms with E-state index >= 15 is 0 Å². The normalized spacial score (nSPS) is 12.1. The highest BCUT2D eigenvalue weighted by molar-refractivity contribution is 7.10. The quantitative estimate of drug-likeness (QED) is 0.634. The van der Waals surface area contributed by atoms with Gasteiger partial charge in [-0.05, 0) is 54.8 Å². The number of hydrogen-bond donors (Lipinski definition) is 2. The molecule has 0 saturated carbocycles. The van der Waals surface area contributed by atoms with Crippen molar-refractivity contribution >= 4 is 28.8 Å². The van der Waals surface area contributed by atoms with Gasteiger partial charge in [-0.2, -0.15) is 0 Å². The molecule has 1 atom stereocenters. The molecule has 1 aromatic carbocycles. The Morgan fingerprint density at radius 3 is 2.72 bits per heavy atom. The molecular formula is C19H19ClN2O2S. The van der Waals surface area contributed by atoms with Crippen LogP contribution in [0.5, 0.6) is 0 Å². The van der Waals surface area contributed by atoms with Crippen LogP contribution in [0.1, 0.15) is 23.6 Å². The summed E-state index contributed by atoms with van der Waals surface area (Å²) in [6.45, 7) is 2.68. The number of halogens is 1. The summed E-state index contributed by atoms with van der Waals surface area (Å²) in [5.41, 5.74) is 0.952. The van der Waals surface area contributed by atoms with Crippen molar-refractivity contribution in [1.82, 2.24) is 10.6 Å². The minimum absolute atomic E-state index is 0.0622. The molecule has 6 heteroatoms. The first-order valence-corrected chi connectivity index (χ1v) is 9.26. The number of furan rings is 1. The number of nitrogens with one attached hydrogen (secondary N) is 2. The van der Waals surface area contributed by atoms with Crippen LogP contribution in [0.2, 0.25) is 5.02 Å². The van der Waals surface area contributed by atoms with Gasteiger partial charge in [-0.15, -0.1) is 11.3 Å². The molecule has 2 heterocycles. The van der Waals surface area contributed by atoms with Gasteiger partial charge >= 0.3 is 0 Å². The van der Waals surface area contributed by atoms with Crippen molar-refractivity contribution in [1.29, 1.82) is 0 Å². The third kappa shape index (κ3) is 4.95. The van der Waals surface area contributed by atoms with E-state index in [1.54, 1.807) is 11.3 Å². The van der Waals surface area contributed by atoms with Gasteiger partial charge in [0.15, 0.2) is 0 Å². The summed E-state index contributed by atoms with van der Waals surface area (Å²) in [5.74, 6) is 1.41. The summed E-state index contributed by atoms with van der Waals surface area (Å²) in [5, 5.41) is 8.79. The number of carbonyl (C=O) groups is 1. The molecule has 2 N–H and O–H groups in total. The maximum Gasteiger partial charge on any atom is 0.234 e. The van der Waals surface area contributed by atoms with Crippen molar-refractivity contribution in [2.45, 2.75) is 19.5 Å². The van der Waals surface area contributed by atoms with Crippen LogP contribution in [0.4, 0.5) is 0 Å². The molecule has 0 aliphatic rings. The van der Waals surface area contributed by atoms with Crippen LogP contribution in [0.25, 0.3) is 11.3 Å². The van der Waals surface area contributed by atoms with Gasteiger partial charge in [-0.1, -0.05) is 17.7 Å². The van der Waals surface area contributed by atoms with Gasteiger partial charge in [-0.3, -0.25) is 4.79 Å². The molecule has 25 heavy (non-hydrogen) atoms. The Balaban J connectivity index is 1.47. The van der Waals surface area contributed by atoms with Crippen molar-refractivity contribution in [2.75, 3.05) is 6.54 Å². The summed E-state index contributed by atoms with van der Waals surface area (Å²) >= 11 is 7.57. The highest BCUT2D eigenvalue weighted by atomic mass is 35.5. The Bertz CT molecular complexity index is 812. The number of amides is 1. The van der Waals surface area contributed by atoms with Crippen LogP contribution < -0.4 is 10.6 Å². The van der Waals surface area contributed by atoms with E-state index in [2.05, 4.69) is 16.7 Å². The van der Waals surface area contributed by atoms with Gasteiger partial charge in [0, 0.05) is 21.5 Å². The molecule has 3 aromatic rings. The standard InChI is InChI=1S/C19H19ClN2O2S/c1-13(18-3-2-10-25-18)21-12-19(23)22-11-16-8-9-17(24-16)14-4-6-15(20)7-5-14/h2-10,13,21H,11-12H2,1H3,(H,22,23)/t13-/m1/s1. The number of rotatable bonds is 7. The minimum Gasteiger partial charge on any atom is -0.459 e. The maximum absolute atomic E-state index is 12.0. The zero-order chi connectivity index (χ0) is 17.6. The number of thiophene rings is 1. The summed E-state index contributed by atoms with van der Waals surface area (Å²) in [4.78, 5) is 13.2. The van der Waals surface area contributed by atoms with Crippen LogP contribution in [0, 0.1) is 0 Å². The fourth-order valence-corrected chi connectivity index (χ4v) is 3.26. The first-order chi connectivity index (χ1) is 12.1. The summed E-state index contributed by atoms with van der Waals surface area (Å²) in [7, 11) is 0. The molecule has 0 fully saturated rings. The number of carbonyl (C=O) groups excluding carboxylic acids is 1. The largest absolute Gasteiger partial charge is 0.459 e. The highest BCUT2D eigenvalue weighted by Crippen LogP contribution is 2.23. The molecule has 4 nitrogen and oxygen atoms in total. The second kappa shape index (κ2) is 8.34. The Kier molecular flexibility index (Phi) is 5.91. The summed E-state index contributed by atoms with van der Waals surface area (Å²) in [6.07, 6.45) is 0. The smallest absolute Gasteiger partial charge is 0.234 e. The second-order valence-corrected chi connectivity index (χ2v) is 7.08. The first kappa shape index (κ1) is 17.7. The maximum atomic E-state index is 12.0. The van der Waals surface area contributed by atoms with Gasteiger partial charge in [0.05, 0.1) is 13.1 Å². The SMILES string of the molecule is C[C@@H](NCC(=O)NCc1ccc(-c2ccc(Cl)cc2)o1)c1cccs1. The molecule has 130 valence electrons. The molecule has 1 amide bonds. The zero-order valence-corrected chi connectivity index (χ0v) is 15.4. The molecule has 2 aromatic heterocycles. The van der Waals surface area contributed by atoms with Gasteiger partial charge < -0.3 is 15.1 Å². The van der Waals surface area contributed by atoms with Crippen molar-refractivity contribution in [2.24, 2.45) is 0 Å². The average molecular weight is 375 g/mol. The summed E-state index contributed by atoms with van der Waals surface area (Å²) in [6, 6.07) is 15.4. The average Bonchev–Trinajstić information content (AvgIpc) is 3.30. The van der Waals surface area contributed by atoms with Gasteiger partial charge in [0.25, 0.3) is 0 Å². The molecule has 0 aliphatic carbocycles. The second-order valence-electron chi connectivity index (χ2n) is 5.67. The lowest BCUT2D eigenvalue weighted by Gasteiger charge is -2.11. The molecule has 3 rings (SSSR count). The van der Waals surface area contributed by atoms with Crippen LogP contribution in [-0.2, 0) is 11.3 Å². The third-order valence-electron chi connectivity index (χ3n) is 3.79. The molecule has 0 aliphatic heterocycles. The van der Waals surface area contributed by atoms with Crippen LogP contribution in [0.15, 0.2) is 58.3 Å². The number of hydrogen-bond acceptors (Lipinski definition) is 4. The van der Waals surface area contributed by atoms with Crippen molar-refractivity contribution in [3.63, 3.8) is 0 Å². The highest BCUT2D eigenvalue weighted by Gasteiger charge is 2.10. The molecule has 0 radical (unpaired) electrons. The van der Waals surface area contributed by atoms with E-state index in [0.717, 1.165) is 11.3 Å². The lowest BCUT2D eigenvalue weighted by Crippen LogP contribution is -2.34. The van der Waals surface area contributed by atoms with Crippen LogP contribution in [-0.4, -0.2) is 12.5 Å². The zero-order valence-electron chi connectivity index (χ0n) is 13.8. The van der Waals surface area contributed by atoms with Crippen molar-refractivity contribution in [3.05, 3.63) is 69.6 Å². The first-order valence-electron chi connectivity index (χ1n) is 8.00. The Morgan fingerprint density at radius 2 is 2.00 bits per heavy atom. The monoisotopic (exact) mass is 374 g/mol. The van der Waals surface area contributed by atoms with E-state index in [1.807, 2.05) is 54.8 Å². The third-order valence-corrected chi connectivity index (χ3v) is 5.10. The van der Waals surface area contributed by atoms with Crippen molar-refractivity contribution in [3.8, 4) is 11.3 Å². The lowest BCUT2D eigenvalue weighted by molar-refractivity contribution is -0.120. The fraction of sp³-hybridized carbons (Fsp3) is 0.211. The molecule has 0 spiro atoms. The van der Waals surface area contributed by atoms with Gasteiger partial charge in [-0.25, -0.2) is 0 Å². The van der Waals surface area contributed by atoms with E-state index in [4.69, 9.17) is 16.0 Å².